The van der Waals surface area contributed by atoms with Crippen LogP contribution in [-0.2, 0) is 15.9 Å². The van der Waals surface area contributed by atoms with E-state index in [2.05, 4.69) is 6.58 Å². The summed E-state index contributed by atoms with van der Waals surface area (Å²) in [6.45, 7) is 9.54. The predicted molar refractivity (Wildman–Crippen MR) is 110 cm³/mol. The molecule has 1 fully saturated rings. The molecule has 0 radical (unpaired) electrons. The number of ether oxygens (including phenoxy) is 3. The highest BCUT2D eigenvalue weighted by Crippen LogP contribution is 2.48. The van der Waals surface area contributed by atoms with Gasteiger partial charge < -0.3 is 19.3 Å². The lowest BCUT2D eigenvalue weighted by Crippen LogP contribution is -2.24. The quantitative estimate of drug-likeness (QED) is 0.654. The van der Waals surface area contributed by atoms with Crippen molar-refractivity contribution in [1.29, 1.82) is 0 Å². The fourth-order valence-corrected chi connectivity index (χ4v) is 4.09. The number of phenols is 1. The Morgan fingerprint density at radius 3 is 2.10 bits per heavy atom. The molecule has 0 bridgehead atoms. The number of hydrogen-bond donors (Lipinski definition) is 1. The maximum atomic E-state index is 13.4. The molecule has 1 aliphatic carbocycles. The molecule has 156 valence electrons. The number of aromatic hydroxyl groups is 1. The van der Waals surface area contributed by atoms with E-state index < -0.39 is 12.1 Å². The average Bonchev–Trinajstić information content (AvgIpc) is 3.04. The minimum absolute atomic E-state index is 0.0403. The number of hydrogen-bond acceptors (Lipinski definition) is 6. The first-order chi connectivity index (χ1) is 14.3. The van der Waals surface area contributed by atoms with Gasteiger partial charge in [-0.25, -0.2) is 0 Å². The molecule has 30 heavy (non-hydrogen) atoms. The topological polar surface area (TPSA) is 82.1 Å². The first-order valence-electron chi connectivity index (χ1n) is 9.85. The van der Waals surface area contributed by atoms with Crippen molar-refractivity contribution in [3.63, 3.8) is 0 Å². The van der Waals surface area contributed by atoms with Gasteiger partial charge in [0.1, 0.15) is 11.5 Å². The van der Waals surface area contributed by atoms with Crippen LogP contribution < -0.4 is 4.74 Å². The number of rotatable bonds is 4. The van der Waals surface area contributed by atoms with Gasteiger partial charge in [0.2, 0.25) is 0 Å². The third-order valence-corrected chi connectivity index (χ3v) is 5.70. The number of allylic oxidation sites excluding steroid dienone is 1. The van der Waals surface area contributed by atoms with Crippen molar-refractivity contribution in [2.75, 3.05) is 7.11 Å². The van der Waals surface area contributed by atoms with Crippen LogP contribution in [-0.4, -0.2) is 36.0 Å². The van der Waals surface area contributed by atoms with Crippen LogP contribution in [0.3, 0.4) is 0 Å². The molecule has 1 saturated heterocycles. The molecule has 0 unspecified atom stereocenters. The van der Waals surface area contributed by atoms with Crippen molar-refractivity contribution in [3.05, 3.63) is 69.8 Å². The number of benzene rings is 2. The van der Waals surface area contributed by atoms with Gasteiger partial charge in [0.05, 0.1) is 36.0 Å². The second-order valence-electron chi connectivity index (χ2n) is 7.88. The molecule has 6 nitrogen and oxygen atoms in total. The second-order valence-corrected chi connectivity index (χ2v) is 7.88. The molecule has 2 aromatic rings. The van der Waals surface area contributed by atoms with Crippen LogP contribution in [0.5, 0.6) is 11.5 Å². The molecule has 2 aromatic carbocycles. The van der Waals surface area contributed by atoms with Crippen LogP contribution in [0.2, 0.25) is 0 Å². The lowest BCUT2D eigenvalue weighted by molar-refractivity contribution is -0.0671. The zero-order valence-corrected chi connectivity index (χ0v) is 17.4. The Bertz CT molecular complexity index is 1070. The number of fused-ring (bicyclic) bond motifs is 2. The van der Waals surface area contributed by atoms with Gasteiger partial charge in [-0.3, -0.25) is 9.59 Å². The van der Waals surface area contributed by atoms with Crippen LogP contribution in [0.15, 0.2) is 36.4 Å². The molecule has 1 heterocycles. The largest absolute Gasteiger partial charge is 0.507 e. The minimum Gasteiger partial charge on any atom is -0.507 e. The van der Waals surface area contributed by atoms with Crippen LogP contribution in [0, 0.1) is 0 Å². The Morgan fingerprint density at radius 1 is 1.07 bits per heavy atom. The van der Waals surface area contributed by atoms with Gasteiger partial charge in [-0.2, -0.15) is 0 Å². The maximum Gasteiger partial charge on any atom is 0.198 e. The summed E-state index contributed by atoms with van der Waals surface area (Å²) in [5, 5.41) is 11.2. The first kappa shape index (κ1) is 20.3. The van der Waals surface area contributed by atoms with Gasteiger partial charge in [-0.05, 0) is 27.2 Å². The molecule has 0 saturated carbocycles. The summed E-state index contributed by atoms with van der Waals surface area (Å²) in [5.41, 5.74) is 2.15. The second kappa shape index (κ2) is 7.38. The Labute approximate surface area is 175 Å². The highest BCUT2D eigenvalue weighted by molar-refractivity contribution is 6.30. The molecule has 0 spiro atoms. The number of carbonyl (C=O) groups is 2. The lowest BCUT2D eigenvalue weighted by Gasteiger charge is -2.27. The van der Waals surface area contributed by atoms with E-state index in [1.54, 1.807) is 24.3 Å². The van der Waals surface area contributed by atoms with Gasteiger partial charge in [0.15, 0.2) is 17.9 Å². The smallest absolute Gasteiger partial charge is 0.198 e. The van der Waals surface area contributed by atoms with Crippen LogP contribution in [0.4, 0.5) is 0 Å². The maximum absolute atomic E-state index is 13.4. The lowest BCUT2D eigenvalue weighted by atomic mass is 9.79. The van der Waals surface area contributed by atoms with E-state index in [0.717, 1.165) is 5.57 Å². The Kier molecular flexibility index (Phi) is 5.00. The molecule has 4 rings (SSSR count). The van der Waals surface area contributed by atoms with Gasteiger partial charge in [0.25, 0.3) is 0 Å². The number of methoxy groups -OCH3 is 1. The zero-order chi connectivity index (χ0) is 21.7. The van der Waals surface area contributed by atoms with E-state index in [9.17, 15) is 14.7 Å². The van der Waals surface area contributed by atoms with E-state index in [1.165, 1.54) is 7.11 Å². The average molecular weight is 408 g/mol. The van der Waals surface area contributed by atoms with Gasteiger partial charge in [-0.1, -0.05) is 36.4 Å². The highest BCUT2D eigenvalue weighted by Gasteiger charge is 2.42. The highest BCUT2D eigenvalue weighted by atomic mass is 16.7. The summed E-state index contributed by atoms with van der Waals surface area (Å²) in [7, 11) is 1.43. The van der Waals surface area contributed by atoms with Gasteiger partial charge in [0, 0.05) is 16.7 Å². The standard InChI is InChI=1S/C24H24O6/c1-11(2)10-16-17(24-29-12(3)13(4)30-24)23(28-5)19-18(22(16)27)20(25)14-8-6-7-9-15(14)21(19)26/h6-9,12-13,24,27H,1,10H2,2-5H3/t12-,13-/m1/s1. The number of ketones is 2. The van der Waals surface area contributed by atoms with Crippen molar-refractivity contribution in [1.82, 2.24) is 0 Å². The van der Waals surface area contributed by atoms with E-state index in [-0.39, 0.29) is 58.2 Å². The van der Waals surface area contributed by atoms with Crippen molar-refractivity contribution in [2.24, 2.45) is 0 Å². The third kappa shape index (κ3) is 2.95. The van der Waals surface area contributed by atoms with E-state index >= 15 is 0 Å². The summed E-state index contributed by atoms with van der Waals surface area (Å²) in [6.07, 6.45) is -0.933. The molecule has 1 aliphatic heterocycles. The molecular weight excluding hydrogens is 384 g/mol. The minimum atomic E-state index is -0.837. The van der Waals surface area contributed by atoms with Gasteiger partial charge in [-0.15, -0.1) is 0 Å². The summed E-state index contributed by atoms with van der Waals surface area (Å²) < 4.78 is 17.6. The van der Waals surface area contributed by atoms with Crippen LogP contribution >= 0.6 is 0 Å². The molecule has 2 aliphatic rings. The van der Waals surface area contributed by atoms with E-state index in [4.69, 9.17) is 14.2 Å². The van der Waals surface area contributed by atoms with E-state index in [1.807, 2.05) is 20.8 Å². The molecule has 0 aromatic heterocycles. The van der Waals surface area contributed by atoms with Crippen molar-refractivity contribution < 1.29 is 28.9 Å². The molecule has 1 N–H and O–H groups in total. The van der Waals surface area contributed by atoms with Gasteiger partial charge >= 0.3 is 0 Å². The van der Waals surface area contributed by atoms with Crippen LogP contribution in [0.1, 0.15) is 70.0 Å². The summed E-state index contributed by atoms with van der Waals surface area (Å²) in [4.78, 5) is 26.6. The van der Waals surface area contributed by atoms with Crippen molar-refractivity contribution in [2.45, 2.75) is 45.7 Å². The first-order valence-corrected chi connectivity index (χ1v) is 9.85. The van der Waals surface area contributed by atoms with Crippen molar-refractivity contribution >= 4 is 11.6 Å². The zero-order valence-electron chi connectivity index (χ0n) is 17.4. The molecule has 6 heteroatoms. The number of carbonyl (C=O) groups excluding carboxylic acids is 2. The number of phenolic OH excluding ortho intramolecular Hbond substituents is 1. The molecule has 0 amide bonds. The van der Waals surface area contributed by atoms with Crippen molar-refractivity contribution in [3.8, 4) is 11.5 Å². The monoisotopic (exact) mass is 408 g/mol. The Balaban J connectivity index is 2.05. The molecular formula is C24H24O6. The SMILES string of the molecule is C=C(C)Cc1c(O)c2c(c(OC)c1C1O[C@H](C)[C@@H](C)O1)C(=O)c1ccccc1C2=O. The Morgan fingerprint density at radius 2 is 1.60 bits per heavy atom. The van der Waals surface area contributed by atoms with Crippen LogP contribution in [0.25, 0.3) is 0 Å². The summed E-state index contributed by atoms with van der Waals surface area (Å²) >= 11 is 0. The van der Waals surface area contributed by atoms with E-state index in [0.29, 0.717) is 11.1 Å². The summed E-state index contributed by atoms with van der Waals surface area (Å²) in [5.74, 6) is -0.857. The summed E-state index contributed by atoms with van der Waals surface area (Å²) in [6, 6.07) is 6.58. The molecule has 2 atom stereocenters. The Hall–Kier alpha value is -2.96. The fraction of sp³-hybridized carbons (Fsp3) is 0.333. The predicted octanol–water partition coefficient (Wildman–Crippen LogP) is 4.12. The normalized spacial score (nSPS) is 20.8. The fourth-order valence-electron chi connectivity index (χ4n) is 4.09. The third-order valence-electron chi connectivity index (χ3n) is 5.70.